The van der Waals surface area contributed by atoms with Gasteiger partial charge in [-0.2, -0.15) is 0 Å². The summed E-state index contributed by atoms with van der Waals surface area (Å²) in [5.41, 5.74) is 2.01. The molecule has 3 aromatic rings. The van der Waals surface area contributed by atoms with Crippen molar-refractivity contribution in [3.05, 3.63) is 64.9 Å². The molecule has 0 N–H and O–H groups in total. The Morgan fingerprint density at radius 2 is 1.65 bits per heavy atom. The highest BCUT2D eigenvalue weighted by Gasteiger charge is 2.14. The molecule has 0 aliphatic rings. The first kappa shape index (κ1) is 13.3. The molecule has 5 heteroatoms. The van der Waals surface area contributed by atoms with Crippen molar-refractivity contribution in [1.29, 1.82) is 0 Å². The summed E-state index contributed by atoms with van der Waals surface area (Å²) < 4.78 is 3.01. The Labute approximate surface area is 130 Å². The van der Waals surface area contributed by atoms with E-state index in [1.165, 1.54) is 0 Å². The Kier molecular flexibility index (Phi) is 3.85. The molecular weight excluding hydrogens is 338 g/mol. The standard InChI is InChI=1S/C15H11BrClN3/c16-12-8-6-11(7-9-12)15-19-18-14(10-17)20(15)13-4-2-1-3-5-13/h1-9H,10H2. The number of nitrogens with zero attached hydrogens (tertiary/aromatic N) is 3. The van der Waals surface area contributed by atoms with Crippen LogP contribution in [0.4, 0.5) is 0 Å². The average Bonchev–Trinajstić information content (AvgIpc) is 2.93. The third-order valence-electron chi connectivity index (χ3n) is 2.97. The van der Waals surface area contributed by atoms with Gasteiger partial charge >= 0.3 is 0 Å². The van der Waals surface area contributed by atoms with Crippen LogP contribution < -0.4 is 0 Å². The van der Waals surface area contributed by atoms with E-state index >= 15 is 0 Å². The van der Waals surface area contributed by atoms with E-state index in [0.717, 1.165) is 27.4 Å². The predicted molar refractivity (Wildman–Crippen MR) is 84.1 cm³/mol. The third kappa shape index (κ3) is 2.49. The van der Waals surface area contributed by atoms with Crippen molar-refractivity contribution >= 4 is 27.5 Å². The highest BCUT2D eigenvalue weighted by atomic mass is 79.9. The van der Waals surface area contributed by atoms with Gasteiger partial charge in [0.25, 0.3) is 0 Å². The van der Waals surface area contributed by atoms with Crippen LogP contribution in [0.15, 0.2) is 59.1 Å². The van der Waals surface area contributed by atoms with E-state index < -0.39 is 0 Å². The van der Waals surface area contributed by atoms with Gasteiger partial charge in [-0.3, -0.25) is 4.57 Å². The van der Waals surface area contributed by atoms with Crippen LogP contribution in [0.3, 0.4) is 0 Å². The summed E-state index contributed by atoms with van der Waals surface area (Å²) in [4.78, 5) is 0. The fraction of sp³-hybridized carbons (Fsp3) is 0.0667. The molecule has 0 unspecified atom stereocenters. The number of alkyl halides is 1. The Bertz CT molecular complexity index is 708. The summed E-state index contributed by atoms with van der Waals surface area (Å²) in [5.74, 6) is 1.84. The summed E-state index contributed by atoms with van der Waals surface area (Å²) in [5, 5.41) is 8.46. The van der Waals surface area contributed by atoms with Crippen LogP contribution in [0.25, 0.3) is 17.1 Å². The van der Waals surface area contributed by atoms with Gasteiger partial charge in [0.15, 0.2) is 11.6 Å². The maximum atomic E-state index is 5.98. The number of benzene rings is 2. The van der Waals surface area contributed by atoms with Crippen LogP contribution in [-0.4, -0.2) is 14.8 Å². The van der Waals surface area contributed by atoms with Gasteiger partial charge in [0, 0.05) is 15.7 Å². The van der Waals surface area contributed by atoms with Crippen molar-refractivity contribution in [2.45, 2.75) is 5.88 Å². The molecule has 0 amide bonds. The minimum atomic E-state index is 0.318. The largest absolute Gasteiger partial charge is 0.278 e. The highest BCUT2D eigenvalue weighted by Crippen LogP contribution is 2.24. The Balaban J connectivity index is 2.17. The van der Waals surface area contributed by atoms with E-state index in [1.54, 1.807) is 0 Å². The first-order chi connectivity index (χ1) is 9.79. The fourth-order valence-electron chi connectivity index (χ4n) is 2.04. The quantitative estimate of drug-likeness (QED) is 0.655. The number of hydrogen-bond acceptors (Lipinski definition) is 2. The van der Waals surface area contributed by atoms with Crippen molar-refractivity contribution < 1.29 is 0 Å². The van der Waals surface area contributed by atoms with E-state index in [0.29, 0.717) is 5.88 Å². The topological polar surface area (TPSA) is 30.7 Å². The van der Waals surface area contributed by atoms with Gasteiger partial charge in [0.1, 0.15) is 0 Å². The molecule has 0 bridgehead atoms. The van der Waals surface area contributed by atoms with Crippen molar-refractivity contribution in [2.75, 3.05) is 0 Å². The predicted octanol–water partition coefficient (Wildman–Crippen LogP) is 4.44. The average molecular weight is 349 g/mol. The van der Waals surface area contributed by atoms with Crippen molar-refractivity contribution in [2.24, 2.45) is 0 Å². The maximum Gasteiger partial charge on any atom is 0.168 e. The zero-order valence-corrected chi connectivity index (χ0v) is 12.8. The summed E-state index contributed by atoms with van der Waals surface area (Å²) >= 11 is 9.41. The van der Waals surface area contributed by atoms with Gasteiger partial charge in [-0.05, 0) is 24.3 Å². The summed E-state index contributed by atoms with van der Waals surface area (Å²) in [6.07, 6.45) is 0. The Hall–Kier alpha value is -1.65. The summed E-state index contributed by atoms with van der Waals surface area (Å²) in [7, 11) is 0. The smallest absolute Gasteiger partial charge is 0.168 e. The molecule has 20 heavy (non-hydrogen) atoms. The molecule has 0 saturated carbocycles. The zero-order valence-electron chi connectivity index (χ0n) is 10.5. The normalized spacial score (nSPS) is 10.7. The van der Waals surface area contributed by atoms with E-state index in [2.05, 4.69) is 26.1 Å². The second-order valence-electron chi connectivity index (χ2n) is 4.25. The lowest BCUT2D eigenvalue weighted by atomic mass is 10.2. The first-order valence-corrected chi connectivity index (χ1v) is 7.44. The second kappa shape index (κ2) is 5.77. The lowest BCUT2D eigenvalue weighted by Gasteiger charge is -2.09. The molecule has 0 aliphatic carbocycles. The lowest BCUT2D eigenvalue weighted by Crippen LogP contribution is -2.01. The van der Waals surface area contributed by atoms with Crippen molar-refractivity contribution in [3.63, 3.8) is 0 Å². The van der Waals surface area contributed by atoms with E-state index in [4.69, 9.17) is 11.6 Å². The molecule has 0 aliphatic heterocycles. The van der Waals surface area contributed by atoms with Crippen molar-refractivity contribution in [3.8, 4) is 17.1 Å². The molecule has 1 aromatic heterocycles. The van der Waals surface area contributed by atoms with Crippen LogP contribution >= 0.6 is 27.5 Å². The number of rotatable bonds is 3. The van der Waals surface area contributed by atoms with Crippen LogP contribution in [-0.2, 0) is 5.88 Å². The monoisotopic (exact) mass is 347 g/mol. The fourth-order valence-corrected chi connectivity index (χ4v) is 2.47. The van der Waals surface area contributed by atoms with Crippen molar-refractivity contribution in [1.82, 2.24) is 14.8 Å². The molecule has 0 radical (unpaired) electrons. The minimum absolute atomic E-state index is 0.318. The molecule has 0 fully saturated rings. The SMILES string of the molecule is ClCc1nnc(-c2ccc(Br)cc2)n1-c1ccccc1. The van der Waals surface area contributed by atoms with E-state index in [9.17, 15) is 0 Å². The van der Waals surface area contributed by atoms with Gasteiger partial charge in [0.2, 0.25) is 0 Å². The number of hydrogen-bond donors (Lipinski definition) is 0. The number of para-hydroxylation sites is 1. The molecule has 0 spiro atoms. The van der Waals surface area contributed by atoms with Gasteiger partial charge in [-0.15, -0.1) is 21.8 Å². The molecule has 0 atom stereocenters. The Morgan fingerprint density at radius 3 is 2.30 bits per heavy atom. The first-order valence-electron chi connectivity index (χ1n) is 6.11. The second-order valence-corrected chi connectivity index (χ2v) is 5.43. The number of halogens is 2. The maximum absolute atomic E-state index is 5.98. The molecule has 2 aromatic carbocycles. The molecule has 1 heterocycles. The summed E-state index contributed by atoms with van der Waals surface area (Å²) in [6.45, 7) is 0. The molecule has 100 valence electrons. The summed E-state index contributed by atoms with van der Waals surface area (Å²) in [6, 6.07) is 18.0. The van der Waals surface area contributed by atoms with Gasteiger partial charge in [0.05, 0.1) is 5.88 Å². The van der Waals surface area contributed by atoms with Gasteiger partial charge < -0.3 is 0 Å². The van der Waals surface area contributed by atoms with Crippen LogP contribution in [0.5, 0.6) is 0 Å². The van der Waals surface area contributed by atoms with Crippen LogP contribution in [0, 0.1) is 0 Å². The van der Waals surface area contributed by atoms with Crippen LogP contribution in [0.2, 0.25) is 0 Å². The van der Waals surface area contributed by atoms with Crippen LogP contribution in [0.1, 0.15) is 5.82 Å². The third-order valence-corrected chi connectivity index (χ3v) is 3.73. The molecular formula is C15H11BrClN3. The molecule has 3 nitrogen and oxygen atoms in total. The molecule has 3 rings (SSSR count). The lowest BCUT2D eigenvalue weighted by molar-refractivity contribution is 0.953. The molecule has 0 saturated heterocycles. The highest BCUT2D eigenvalue weighted by molar-refractivity contribution is 9.10. The minimum Gasteiger partial charge on any atom is -0.278 e. The zero-order chi connectivity index (χ0) is 13.9. The van der Waals surface area contributed by atoms with Gasteiger partial charge in [-0.25, -0.2) is 0 Å². The van der Waals surface area contributed by atoms with E-state index in [1.807, 2.05) is 59.2 Å². The van der Waals surface area contributed by atoms with E-state index in [-0.39, 0.29) is 0 Å². The number of aromatic nitrogens is 3. The van der Waals surface area contributed by atoms with Gasteiger partial charge in [-0.1, -0.05) is 46.3 Å². The Morgan fingerprint density at radius 1 is 0.950 bits per heavy atom.